The summed E-state index contributed by atoms with van der Waals surface area (Å²) >= 11 is 0. The van der Waals surface area contributed by atoms with Crippen LogP contribution in [0.1, 0.15) is 52.8 Å². The molecule has 2 aromatic carbocycles. The van der Waals surface area contributed by atoms with Gasteiger partial charge in [0.1, 0.15) is 11.1 Å². The summed E-state index contributed by atoms with van der Waals surface area (Å²) in [7, 11) is 2.70. The molecule has 2 aliphatic rings. The number of hydrogen-bond donors (Lipinski definition) is 2. The van der Waals surface area contributed by atoms with Crippen LogP contribution in [0, 0.1) is 20.2 Å². The Morgan fingerprint density at radius 1 is 0.735 bits per heavy atom. The van der Waals surface area contributed by atoms with Crippen LogP contribution in [0.4, 0.5) is 11.4 Å². The van der Waals surface area contributed by atoms with Gasteiger partial charge in [-0.25, -0.2) is 0 Å². The van der Waals surface area contributed by atoms with E-state index in [-0.39, 0.29) is 73.6 Å². The average molecular weight is 685 g/mol. The SMILES string of the molecule is C=C1CC(CO)N(C(=O)c2cc(OC)c(OCCCCCOc3cc([N+](=O)[O-])c(C(=O)N4CC(=C)C[C@H]4CO)cc3OC)cc2[N+](=O)[O-])C1. The highest BCUT2D eigenvalue weighted by Gasteiger charge is 2.36. The number of methoxy groups -OCH3 is 2. The van der Waals surface area contributed by atoms with Crippen molar-refractivity contribution in [3.05, 3.63) is 79.9 Å². The number of aliphatic hydroxyl groups excluding tert-OH is 2. The first-order valence-electron chi connectivity index (χ1n) is 15.6. The van der Waals surface area contributed by atoms with E-state index in [4.69, 9.17) is 18.9 Å². The minimum Gasteiger partial charge on any atom is -0.493 e. The zero-order valence-corrected chi connectivity index (χ0v) is 27.4. The van der Waals surface area contributed by atoms with E-state index in [1.54, 1.807) is 0 Å². The van der Waals surface area contributed by atoms with E-state index in [2.05, 4.69) is 13.2 Å². The Bertz CT molecular complexity index is 1510. The number of nitro benzene ring substituents is 2. The van der Waals surface area contributed by atoms with Crippen LogP contribution in [0.25, 0.3) is 0 Å². The van der Waals surface area contributed by atoms with Gasteiger partial charge in [0.15, 0.2) is 23.0 Å². The second kappa shape index (κ2) is 16.3. The lowest BCUT2D eigenvalue weighted by Gasteiger charge is -2.23. The molecule has 0 saturated carbocycles. The van der Waals surface area contributed by atoms with E-state index in [0.717, 1.165) is 23.3 Å². The molecule has 0 aromatic heterocycles. The second-order valence-corrected chi connectivity index (χ2v) is 11.8. The molecule has 2 N–H and O–H groups in total. The first-order chi connectivity index (χ1) is 23.4. The van der Waals surface area contributed by atoms with E-state index in [1.807, 2.05) is 0 Å². The molecule has 16 nitrogen and oxygen atoms in total. The van der Waals surface area contributed by atoms with E-state index in [9.17, 15) is 40.0 Å². The lowest BCUT2D eigenvalue weighted by atomic mass is 10.1. The van der Waals surface area contributed by atoms with Crippen LogP contribution in [0.5, 0.6) is 23.0 Å². The van der Waals surface area contributed by atoms with Crippen LogP contribution in [0.15, 0.2) is 48.6 Å². The van der Waals surface area contributed by atoms with Gasteiger partial charge >= 0.3 is 0 Å². The summed E-state index contributed by atoms with van der Waals surface area (Å²) in [6, 6.07) is 3.77. The average Bonchev–Trinajstić information content (AvgIpc) is 3.67. The number of carbonyl (C=O) groups excluding carboxylic acids is 2. The highest BCUT2D eigenvalue weighted by atomic mass is 16.6. The van der Waals surface area contributed by atoms with Crippen molar-refractivity contribution in [2.24, 2.45) is 0 Å². The van der Waals surface area contributed by atoms with Gasteiger partial charge in [0.05, 0.1) is 74.7 Å². The molecule has 2 fully saturated rings. The molecule has 2 heterocycles. The first kappa shape index (κ1) is 36.6. The van der Waals surface area contributed by atoms with Gasteiger partial charge in [0, 0.05) is 25.2 Å². The maximum Gasteiger partial charge on any atom is 0.286 e. The predicted octanol–water partition coefficient (Wildman–Crippen LogP) is 3.67. The number of rotatable bonds is 16. The third-order valence-electron chi connectivity index (χ3n) is 8.38. The van der Waals surface area contributed by atoms with Crippen molar-refractivity contribution in [1.29, 1.82) is 0 Å². The molecule has 2 amide bonds. The molecule has 0 aliphatic carbocycles. The Labute approximate surface area is 282 Å². The summed E-state index contributed by atoms with van der Waals surface area (Å²) in [5, 5.41) is 43.2. The molecule has 0 bridgehead atoms. The number of carbonyl (C=O) groups is 2. The molecule has 4 rings (SSSR count). The lowest BCUT2D eigenvalue weighted by Crippen LogP contribution is -2.38. The van der Waals surface area contributed by atoms with Crippen molar-refractivity contribution in [3.63, 3.8) is 0 Å². The lowest BCUT2D eigenvalue weighted by molar-refractivity contribution is -0.385. The molecule has 0 radical (unpaired) electrons. The van der Waals surface area contributed by atoms with Gasteiger partial charge in [-0.2, -0.15) is 0 Å². The number of nitro groups is 2. The van der Waals surface area contributed by atoms with Crippen LogP contribution >= 0.6 is 0 Å². The van der Waals surface area contributed by atoms with Crippen LogP contribution in [0.3, 0.4) is 0 Å². The molecule has 2 saturated heterocycles. The first-order valence-corrected chi connectivity index (χ1v) is 15.6. The summed E-state index contributed by atoms with van der Waals surface area (Å²) in [6.45, 7) is 7.80. The van der Waals surface area contributed by atoms with Crippen LogP contribution in [-0.4, -0.2) is 107 Å². The molecule has 49 heavy (non-hydrogen) atoms. The number of likely N-dealkylation sites (tertiary alicyclic amines) is 2. The van der Waals surface area contributed by atoms with Crippen molar-refractivity contribution in [2.45, 2.75) is 44.2 Å². The molecule has 16 heteroatoms. The largest absolute Gasteiger partial charge is 0.493 e. The van der Waals surface area contributed by atoms with Gasteiger partial charge in [-0.3, -0.25) is 29.8 Å². The van der Waals surface area contributed by atoms with Crippen molar-refractivity contribution < 1.29 is 48.6 Å². The van der Waals surface area contributed by atoms with Gasteiger partial charge in [-0.05, 0) is 32.1 Å². The molecular weight excluding hydrogens is 644 g/mol. The van der Waals surface area contributed by atoms with Gasteiger partial charge in [-0.15, -0.1) is 0 Å². The quantitative estimate of drug-likeness (QED) is 0.113. The minimum atomic E-state index is -0.675. The smallest absolute Gasteiger partial charge is 0.286 e. The zero-order chi connectivity index (χ0) is 35.8. The number of hydrogen-bond acceptors (Lipinski definition) is 12. The molecule has 2 aliphatic heterocycles. The number of benzene rings is 2. The predicted molar refractivity (Wildman–Crippen MR) is 175 cm³/mol. The molecule has 1 unspecified atom stereocenters. The number of ether oxygens (including phenoxy) is 4. The van der Waals surface area contributed by atoms with Crippen molar-refractivity contribution in [2.75, 3.05) is 53.7 Å². The monoisotopic (exact) mass is 684 g/mol. The van der Waals surface area contributed by atoms with E-state index < -0.39 is 45.1 Å². The number of aliphatic hydroxyl groups is 2. The second-order valence-electron chi connectivity index (χ2n) is 11.8. The topological polar surface area (TPSA) is 204 Å². The Morgan fingerprint density at radius 3 is 1.45 bits per heavy atom. The van der Waals surface area contributed by atoms with E-state index >= 15 is 0 Å². The Hall–Kier alpha value is -5.22. The maximum atomic E-state index is 13.2. The third kappa shape index (κ3) is 8.26. The highest BCUT2D eigenvalue weighted by molar-refractivity contribution is 6.00. The number of amides is 2. The molecule has 2 aromatic rings. The number of unbranched alkanes of at least 4 members (excludes halogenated alkanes) is 2. The minimum absolute atomic E-state index is 0.0850. The molecular formula is C33H40N4O12. The van der Waals surface area contributed by atoms with Crippen molar-refractivity contribution >= 4 is 23.2 Å². The molecule has 2 atom stereocenters. The standard InChI is InChI=1S/C33H40N4O12/c1-20-10-22(18-38)34(16-20)32(40)24-12-28(46-3)30(14-26(24)36(42)43)48-8-6-5-7-9-49-31-15-27(37(44)45)25(13-29(31)47-4)33(41)35-17-21(2)11-23(35)19-39/h12-15,22-23,38-39H,1-2,5-11,16-19H2,3-4H3/t22-,23?/m0/s1. The van der Waals surface area contributed by atoms with Gasteiger partial charge < -0.3 is 39.0 Å². The summed E-state index contributed by atoms with van der Waals surface area (Å²) in [5.41, 5.74) is 0.170. The summed E-state index contributed by atoms with van der Waals surface area (Å²) in [6.07, 6.45) is 2.41. The Kier molecular flexibility index (Phi) is 12.1. The van der Waals surface area contributed by atoms with Gasteiger partial charge in [-0.1, -0.05) is 24.3 Å². The normalized spacial score (nSPS) is 17.3. The zero-order valence-electron chi connectivity index (χ0n) is 27.4. The maximum absolute atomic E-state index is 13.2. The van der Waals surface area contributed by atoms with Gasteiger partial charge in [0.2, 0.25) is 0 Å². The number of nitrogens with zero attached hydrogens (tertiary/aromatic N) is 4. The van der Waals surface area contributed by atoms with E-state index in [1.165, 1.54) is 36.2 Å². The van der Waals surface area contributed by atoms with E-state index in [0.29, 0.717) is 32.1 Å². The third-order valence-corrected chi connectivity index (χ3v) is 8.38. The van der Waals surface area contributed by atoms with Crippen LogP contribution in [-0.2, 0) is 0 Å². The Morgan fingerprint density at radius 2 is 1.12 bits per heavy atom. The van der Waals surface area contributed by atoms with Gasteiger partial charge in [0.25, 0.3) is 23.2 Å². The molecule has 0 spiro atoms. The Balaban J connectivity index is 1.35. The van der Waals surface area contributed by atoms with Crippen LogP contribution in [0.2, 0.25) is 0 Å². The van der Waals surface area contributed by atoms with Crippen LogP contribution < -0.4 is 18.9 Å². The fourth-order valence-corrected chi connectivity index (χ4v) is 5.90. The summed E-state index contributed by atoms with van der Waals surface area (Å²) in [5.74, 6) is -0.805. The van der Waals surface area contributed by atoms with Crippen molar-refractivity contribution in [3.8, 4) is 23.0 Å². The summed E-state index contributed by atoms with van der Waals surface area (Å²) in [4.78, 5) is 51.7. The fourth-order valence-electron chi connectivity index (χ4n) is 5.90. The highest BCUT2D eigenvalue weighted by Crippen LogP contribution is 2.38. The van der Waals surface area contributed by atoms with Crippen molar-refractivity contribution in [1.82, 2.24) is 9.80 Å². The molecule has 264 valence electrons. The summed E-state index contributed by atoms with van der Waals surface area (Å²) < 4.78 is 22.3. The fraction of sp³-hybridized carbons (Fsp3) is 0.455.